The molecule has 0 aromatic carbocycles. The number of allylic oxidation sites excluding steroid dienone is 2. The molecule has 1 rings (SSSR count). The molecule has 1 aliphatic carbocycles. The summed E-state index contributed by atoms with van der Waals surface area (Å²) in [5.41, 5.74) is 1.73. The predicted molar refractivity (Wildman–Crippen MR) is 50.6 cm³/mol. The molecule has 0 bridgehead atoms. The Morgan fingerprint density at radius 3 is 2.45 bits per heavy atom. The molecule has 0 spiro atoms. The minimum atomic E-state index is 0.869. The third-order valence-electron chi connectivity index (χ3n) is 2.42. The van der Waals surface area contributed by atoms with Gasteiger partial charge in [-0.05, 0) is 44.4 Å². The Morgan fingerprint density at radius 2 is 1.91 bits per heavy atom. The highest BCUT2D eigenvalue weighted by molar-refractivity contribution is 5.05. The van der Waals surface area contributed by atoms with Gasteiger partial charge < -0.3 is 0 Å². The molecule has 0 saturated heterocycles. The highest BCUT2D eigenvalue weighted by Gasteiger charge is 2.04. The molecule has 0 amide bonds. The third kappa shape index (κ3) is 3.60. The van der Waals surface area contributed by atoms with Gasteiger partial charge in [-0.15, -0.1) is 0 Å². The quantitative estimate of drug-likeness (QED) is 0.538. The second-order valence-electron chi connectivity index (χ2n) is 4.04. The molecule has 0 heterocycles. The zero-order valence-corrected chi connectivity index (χ0v) is 7.90. The van der Waals surface area contributed by atoms with Crippen LogP contribution in [0.1, 0.15) is 52.4 Å². The van der Waals surface area contributed by atoms with Crippen LogP contribution >= 0.6 is 0 Å². The lowest BCUT2D eigenvalue weighted by Gasteiger charge is -2.00. The third-order valence-corrected chi connectivity index (χ3v) is 2.42. The van der Waals surface area contributed by atoms with Crippen molar-refractivity contribution in [1.82, 2.24) is 0 Å². The van der Waals surface area contributed by atoms with E-state index in [4.69, 9.17) is 0 Å². The fraction of sp³-hybridized carbons (Fsp3) is 0.818. The van der Waals surface area contributed by atoms with E-state index in [1.807, 2.05) is 0 Å². The Hall–Kier alpha value is -0.260. The number of rotatable bonds is 3. The number of hydrogen-bond donors (Lipinski definition) is 0. The Kier molecular flexibility index (Phi) is 3.68. The van der Waals surface area contributed by atoms with Crippen LogP contribution in [-0.4, -0.2) is 0 Å². The Bertz CT molecular complexity index is 123. The molecule has 0 unspecified atom stereocenters. The maximum atomic E-state index is 2.48. The zero-order chi connectivity index (χ0) is 8.10. The summed E-state index contributed by atoms with van der Waals surface area (Å²) in [6.45, 7) is 4.60. The fourth-order valence-corrected chi connectivity index (χ4v) is 1.65. The normalized spacial score (nSPS) is 17.9. The lowest BCUT2D eigenvalue weighted by Crippen LogP contribution is -1.84. The van der Waals surface area contributed by atoms with Gasteiger partial charge in [0.25, 0.3) is 0 Å². The van der Waals surface area contributed by atoms with Gasteiger partial charge in [-0.25, -0.2) is 0 Å². The van der Waals surface area contributed by atoms with E-state index in [0.717, 1.165) is 5.92 Å². The maximum Gasteiger partial charge on any atom is -0.0320 e. The molecule has 0 aromatic rings. The zero-order valence-electron chi connectivity index (χ0n) is 7.90. The summed E-state index contributed by atoms with van der Waals surface area (Å²) in [5.74, 6) is 0.869. The molecule has 0 radical (unpaired) electrons. The molecule has 11 heavy (non-hydrogen) atoms. The monoisotopic (exact) mass is 152 g/mol. The van der Waals surface area contributed by atoms with E-state index < -0.39 is 0 Å². The molecule has 0 aliphatic heterocycles. The first-order valence-electron chi connectivity index (χ1n) is 4.97. The van der Waals surface area contributed by atoms with Gasteiger partial charge in [-0.1, -0.05) is 25.5 Å². The fourth-order valence-electron chi connectivity index (χ4n) is 1.65. The van der Waals surface area contributed by atoms with E-state index in [9.17, 15) is 0 Å². The van der Waals surface area contributed by atoms with E-state index in [1.165, 1.54) is 38.5 Å². The maximum absolute atomic E-state index is 2.48. The summed E-state index contributed by atoms with van der Waals surface area (Å²) in [6.07, 6.45) is 10.8. The van der Waals surface area contributed by atoms with Crippen molar-refractivity contribution in [3.63, 3.8) is 0 Å². The van der Waals surface area contributed by atoms with Crippen LogP contribution < -0.4 is 0 Å². The molecule has 1 saturated carbocycles. The van der Waals surface area contributed by atoms with Crippen LogP contribution in [0.15, 0.2) is 11.6 Å². The second kappa shape index (κ2) is 4.58. The number of hydrogen-bond acceptors (Lipinski definition) is 0. The van der Waals surface area contributed by atoms with Crippen molar-refractivity contribution in [3.05, 3.63) is 11.6 Å². The van der Waals surface area contributed by atoms with E-state index >= 15 is 0 Å². The average Bonchev–Trinajstić information content (AvgIpc) is 2.39. The van der Waals surface area contributed by atoms with Crippen LogP contribution in [0.5, 0.6) is 0 Å². The Labute approximate surface area is 70.7 Å². The van der Waals surface area contributed by atoms with Crippen LogP contribution in [-0.2, 0) is 0 Å². The molecule has 64 valence electrons. The SMILES string of the molecule is CC(C)CCC=C1CCCC1. The minimum Gasteiger partial charge on any atom is -0.0853 e. The van der Waals surface area contributed by atoms with Crippen molar-refractivity contribution in [2.24, 2.45) is 5.92 Å². The summed E-state index contributed by atoms with van der Waals surface area (Å²) in [7, 11) is 0. The smallest absolute Gasteiger partial charge is 0.0320 e. The van der Waals surface area contributed by atoms with Crippen LogP contribution in [0, 0.1) is 5.92 Å². The van der Waals surface area contributed by atoms with Crippen molar-refractivity contribution in [2.45, 2.75) is 52.4 Å². The van der Waals surface area contributed by atoms with Crippen molar-refractivity contribution in [2.75, 3.05) is 0 Å². The van der Waals surface area contributed by atoms with Crippen molar-refractivity contribution < 1.29 is 0 Å². The largest absolute Gasteiger partial charge is 0.0853 e. The highest BCUT2D eigenvalue weighted by Crippen LogP contribution is 2.24. The molecule has 0 heteroatoms. The highest BCUT2D eigenvalue weighted by atomic mass is 14.1. The summed E-state index contributed by atoms with van der Waals surface area (Å²) in [4.78, 5) is 0. The molecule has 0 N–H and O–H groups in total. The first-order valence-corrected chi connectivity index (χ1v) is 4.97. The first kappa shape index (κ1) is 8.83. The van der Waals surface area contributed by atoms with Gasteiger partial charge in [0.1, 0.15) is 0 Å². The van der Waals surface area contributed by atoms with Crippen molar-refractivity contribution in [1.29, 1.82) is 0 Å². The van der Waals surface area contributed by atoms with E-state index in [-0.39, 0.29) is 0 Å². The van der Waals surface area contributed by atoms with Gasteiger partial charge in [-0.2, -0.15) is 0 Å². The molecule has 1 fully saturated rings. The molecular formula is C11H20. The van der Waals surface area contributed by atoms with Gasteiger partial charge >= 0.3 is 0 Å². The second-order valence-corrected chi connectivity index (χ2v) is 4.04. The summed E-state index contributed by atoms with van der Waals surface area (Å²) in [5, 5.41) is 0. The topological polar surface area (TPSA) is 0 Å². The van der Waals surface area contributed by atoms with Crippen molar-refractivity contribution in [3.8, 4) is 0 Å². The predicted octanol–water partition coefficient (Wildman–Crippen LogP) is 3.92. The van der Waals surface area contributed by atoms with E-state index in [0.29, 0.717) is 0 Å². The van der Waals surface area contributed by atoms with Crippen LogP contribution in [0.25, 0.3) is 0 Å². The molecule has 1 aliphatic rings. The van der Waals surface area contributed by atoms with E-state index in [1.54, 1.807) is 5.57 Å². The molecule has 0 aromatic heterocycles. The summed E-state index contributed by atoms with van der Waals surface area (Å²) in [6, 6.07) is 0. The Morgan fingerprint density at radius 1 is 1.27 bits per heavy atom. The standard InChI is InChI=1S/C11H20/c1-10(2)6-5-9-11-7-3-4-8-11/h9-10H,3-8H2,1-2H3. The Balaban J connectivity index is 2.13. The van der Waals surface area contributed by atoms with Gasteiger partial charge in [0.15, 0.2) is 0 Å². The first-order chi connectivity index (χ1) is 5.29. The summed E-state index contributed by atoms with van der Waals surface area (Å²) < 4.78 is 0. The van der Waals surface area contributed by atoms with Crippen LogP contribution in [0.3, 0.4) is 0 Å². The lowest BCUT2D eigenvalue weighted by molar-refractivity contribution is 0.593. The molecule has 0 nitrogen and oxygen atoms in total. The van der Waals surface area contributed by atoms with E-state index in [2.05, 4.69) is 19.9 Å². The van der Waals surface area contributed by atoms with Crippen LogP contribution in [0.4, 0.5) is 0 Å². The van der Waals surface area contributed by atoms with Gasteiger partial charge in [0.2, 0.25) is 0 Å². The minimum absolute atomic E-state index is 0.869. The van der Waals surface area contributed by atoms with Gasteiger partial charge in [0.05, 0.1) is 0 Å². The van der Waals surface area contributed by atoms with Crippen molar-refractivity contribution >= 4 is 0 Å². The molecular weight excluding hydrogens is 132 g/mol. The van der Waals surface area contributed by atoms with Gasteiger partial charge in [-0.3, -0.25) is 0 Å². The van der Waals surface area contributed by atoms with Crippen LogP contribution in [0.2, 0.25) is 0 Å². The lowest BCUT2D eigenvalue weighted by atomic mass is 10.1. The summed E-state index contributed by atoms with van der Waals surface area (Å²) >= 11 is 0. The van der Waals surface area contributed by atoms with Gasteiger partial charge in [0, 0.05) is 0 Å². The average molecular weight is 152 g/mol. The molecule has 0 atom stereocenters.